The van der Waals surface area contributed by atoms with E-state index < -0.39 is 0 Å². The van der Waals surface area contributed by atoms with Gasteiger partial charge in [-0.3, -0.25) is 4.98 Å². The molecule has 0 radical (unpaired) electrons. The molecule has 0 unspecified atom stereocenters. The molecular weight excluding hydrogens is 402 g/mol. The number of hydrogen-bond acceptors (Lipinski definition) is 2. The average Bonchev–Trinajstić information content (AvgIpc) is 3.18. The molecule has 166 valence electrons. The van der Waals surface area contributed by atoms with Crippen molar-refractivity contribution in [1.82, 2.24) is 4.98 Å². The van der Waals surface area contributed by atoms with E-state index in [9.17, 15) is 0 Å². The molecule has 2 nitrogen and oxygen atoms in total. The van der Waals surface area contributed by atoms with Gasteiger partial charge in [0, 0.05) is 23.6 Å². The minimum atomic E-state index is 0.0488. The fourth-order valence-electron chi connectivity index (χ4n) is 4.63. The second kappa shape index (κ2) is 8.19. The van der Waals surface area contributed by atoms with Crippen molar-refractivity contribution in [3.05, 3.63) is 90.3 Å². The Labute approximate surface area is 196 Å². The highest BCUT2D eigenvalue weighted by atomic mass is 16.3. The summed E-state index contributed by atoms with van der Waals surface area (Å²) in [5, 5.41) is 3.72. The summed E-state index contributed by atoms with van der Waals surface area (Å²) >= 11 is 0. The van der Waals surface area contributed by atoms with E-state index in [4.69, 9.17) is 9.40 Å². The summed E-state index contributed by atoms with van der Waals surface area (Å²) < 4.78 is 6.04. The third-order valence-electron chi connectivity index (χ3n) is 6.24. The van der Waals surface area contributed by atoms with Crippen molar-refractivity contribution in [3.63, 3.8) is 0 Å². The highest BCUT2D eigenvalue weighted by molar-refractivity contribution is 5.91. The molecular formula is C31H31NO. The van der Waals surface area contributed by atoms with Crippen LogP contribution in [-0.2, 0) is 11.8 Å². The number of hydrogen-bond donors (Lipinski definition) is 0. The smallest absolute Gasteiger partial charge is 0.134 e. The van der Waals surface area contributed by atoms with Crippen LogP contribution in [0.2, 0.25) is 0 Å². The summed E-state index contributed by atoms with van der Waals surface area (Å²) in [5.74, 6) is 1.63. The van der Waals surface area contributed by atoms with E-state index in [0.29, 0.717) is 5.92 Å². The Morgan fingerprint density at radius 1 is 0.788 bits per heavy atom. The normalized spacial score (nSPS) is 12.2. The molecule has 0 saturated heterocycles. The van der Waals surface area contributed by atoms with Crippen LogP contribution in [0.1, 0.15) is 45.9 Å². The van der Waals surface area contributed by atoms with Gasteiger partial charge >= 0.3 is 0 Å². The SMILES string of the molecule is CC(C)Cc1cc2cc(-c3ccnc(-c4cc(C(C)(C)C)c5ccccc5c4)c3)ccc2o1. The molecule has 0 saturated carbocycles. The predicted molar refractivity (Wildman–Crippen MR) is 140 cm³/mol. The van der Waals surface area contributed by atoms with E-state index in [1.165, 1.54) is 27.5 Å². The van der Waals surface area contributed by atoms with Gasteiger partial charge in [0.25, 0.3) is 0 Å². The van der Waals surface area contributed by atoms with E-state index in [1.54, 1.807) is 0 Å². The van der Waals surface area contributed by atoms with Crippen LogP contribution in [0.3, 0.4) is 0 Å². The Morgan fingerprint density at radius 2 is 1.55 bits per heavy atom. The van der Waals surface area contributed by atoms with E-state index in [0.717, 1.165) is 34.4 Å². The third-order valence-corrected chi connectivity index (χ3v) is 6.24. The number of nitrogens with zero attached hydrogens (tertiary/aromatic N) is 1. The highest BCUT2D eigenvalue weighted by Crippen LogP contribution is 2.35. The van der Waals surface area contributed by atoms with Crippen molar-refractivity contribution >= 4 is 21.7 Å². The second-order valence-corrected chi connectivity index (χ2v) is 10.5. The predicted octanol–water partition coefficient (Wildman–Crippen LogP) is 8.81. The molecule has 0 N–H and O–H groups in total. The summed E-state index contributed by atoms with van der Waals surface area (Å²) in [6.07, 6.45) is 2.88. The lowest BCUT2D eigenvalue weighted by Gasteiger charge is -2.22. The molecule has 0 spiro atoms. The van der Waals surface area contributed by atoms with Gasteiger partial charge in [-0.15, -0.1) is 0 Å². The van der Waals surface area contributed by atoms with Crippen molar-refractivity contribution in [1.29, 1.82) is 0 Å². The van der Waals surface area contributed by atoms with Gasteiger partial charge in [-0.05, 0) is 81.3 Å². The van der Waals surface area contributed by atoms with Crippen LogP contribution < -0.4 is 0 Å². The van der Waals surface area contributed by atoms with Crippen molar-refractivity contribution in [2.24, 2.45) is 5.92 Å². The largest absolute Gasteiger partial charge is 0.461 e. The number of furan rings is 1. The van der Waals surface area contributed by atoms with Crippen LogP contribution in [0, 0.1) is 5.92 Å². The average molecular weight is 434 g/mol. The fraction of sp³-hybridized carbons (Fsp3) is 0.258. The zero-order valence-corrected chi connectivity index (χ0v) is 20.1. The molecule has 2 aromatic heterocycles. The zero-order valence-electron chi connectivity index (χ0n) is 20.1. The van der Waals surface area contributed by atoms with Gasteiger partial charge in [-0.1, -0.05) is 65.0 Å². The van der Waals surface area contributed by atoms with Crippen molar-refractivity contribution in [2.75, 3.05) is 0 Å². The Bertz CT molecular complexity index is 1450. The van der Waals surface area contributed by atoms with Crippen molar-refractivity contribution in [3.8, 4) is 22.4 Å². The molecule has 5 rings (SSSR count). The van der Waals surface area contributed by atoms with Crippen LogP contribution in [0.25, 0.3) is 44.1 Å². The Kier molecular flexibility index (Phi) is 5.32. The maximum absolute atomic E-state index is 6.04. The molecule has 0 bridgehead atoms. The summed E-state index contributed by atoms with van der Waals surface area (Å²) in [7, 11) is 0. The molecule has 0 atom stereocenters. The molecule has 5 aromatic rings. The number of pyridine rings is 1. The first-order valence-electron chi connectivity index (χ1n) is 11.8. The lowest BCUT2D eigenvalue weighted by atomic mass is 9.82. The maximum atomic E-state index is 6.04. The van der Waals surface area contributed by atoms with E-state index in [1.807, 2.05) is 6.20 Å². The molecule has 3 aromatic carbocycles. The van der Waals surface area contributed by atoms with Gasteiger partial charge in [0.15, 0.2) is 0 Å². The van der Waals surface area contributed by atoms with E-state index >= 15 is 0 Å². The summed E-state index contributed by atoms with van der Waals surface area (Å²) in [5.41, 5.74) is 6.85. The Morgan fingerprint density at radius 3 is 2.33 bits per heavy atom. The van der Waals surface area contributed by atoms with Crippen molar-refractivity contribution < 1.29 is 4.42 Å². The van der Waals surface area contributed by atoms with E-state index in [2.05, 4.69) is 107 Å². The summed E-state index contributed by atoms with van der Waals surface area (Å²) in [6, 6.07) is 26.1. The van der Waals surface area contributed by atoms with Gasteiger partial charge in [-0.25, -0.2) is 0 Å². The monoisotopic (exact) mass is 433 g/mol. The Balaban J connectivity index is 1.58. The third kappa shape index (κ3) is 4.30. The summed E-state index contributed by atoms with van der Waals surface area (Å²) in [6.45, 7) is 11.3. The van der Waals surface area contributed by atoms with Gasteiger partial charge in [0.2, 0.25) is 0 Å². The quantitative estimate of drug-likeness (QED) is 0.283. The molecule has 2 heterocycles. The second-order valence-electron chi connectivity index (χ2n) is 10.5. The van der Waals surface area contributed by atoms with E-state index in [-0.39, 0.29) is 5.41 Å². The lowest BCUT2D eigenvalue weighted by Crippen LogP contribution is -2.12. The van der Waals surface area contributed by atoms with Crippen LogP contribution >= 0.6 is 0 Å². The zero-order chi connectivity index (χ0) is 23.2. The minimum absolute atomic E-state index is 0.0488. The molecule has 0 fully saturated rings. The lowest BCUT2D eigenvalue weighted by molar-refractivity contribution is 0.500. The van der Waals surface area contributed by atoms with Gasteiger partial charge in [0.1, 0.15) is 11.3 Å². The number of benzene rings is 3. The van der Waals surface area contributed by atoms with Gasteiger partial charge < -0.3 is 4.42 Å². The molecule has 33 heavy (non-hydrogen) atoms. The number of rotatable bonds is 4. The first kappa shape index (κ1) is 21.5. The first-order chi connectivity index (χ1) is 15.8. The fourth-order valence-corrected chi connectivity index (χ4v) is 4.63. The van der Waals surface area contributed by atoms with Crippen LogP contribution in [-0.4, -0.2) is 4.98 Å². The maximum Gasteiger partial charge on any atom is 0.134 e. The minimum Gasteiger partial charge on any atom is -0.461 e. The number of aromatic nitrogens is 1. The van der Waals surface area contributed by atoms with Crippen LogP contribution in [0.15, 0.2) is 83.4 Å². The van der Waals surface area contributed by atoms with Gasteiger partial charge in [0.05, 0.1) is 5.69 Å². The molecule has 0 aliphatic rings. The Hall–Kier alpha value is -3.39. The highest BCUT2D eigenvalue weighted by Gasteiger charge is 2.18. The number of fused-ring (bicyclic) bond motifs is 2. The topological polar surface area (TPSA) is 26.0 Å². The molecule has 0 aliphatic heterocycles. The van der Waals surface area contributed by atoms with Gasteiger partial charge in [-0.2, -0.15) is 0 Å². The first-order valence-corrected chi connectivity index (χ1v) is 11.8. The molecule has 0 aliphatic carbocycles. The molecule has 2 heteroatoms. The van der Waals surface area contributed by atoms with Crippen molar-refractivity contribution in [2.45, 2.75) is 46.5 Å². The van der Waals surface area contributed by atoms with Crippen LogP contribution in [0.5, 0.6) is 0 Å². The van der Waals surface area contributed by atoms with Crippen LogP contribution in [0.4, 0.5) is 0 Å². The standard InChI is InChI=1S/C31H31NO/c1-20(2)14-26-17-25-15-21(10-11-30(25)33-26)22-12-13-32-29(19-22)24-16-23-8-6-7-9-27(23)28(18-24)31(3,4)5/h6-13,15-20H,14H2,1-5H3. The molecule has 0 amide bonds. The summed E-state index contributed by atoms with van der Waals surface area (Å²) in [4.78, 5) is 4.75.